The monoisotopic (exact) mass is 427 g/mol. The van der Waals surface area contributed by atoms with Crippen LogP contribution in [0.5, 0.6) is 0 Å². The third-order valence-corrected chi connectivity index (χ3v) is 5.24. The molecule has 1 N–H and O–H groups in total. The summed E-state index contributed by atoms with van der Waals surface area (Å²) in [6.45, 7) is 0. The number of hydrogen-bond donors (Lipinski definition) is 1. The Kier molecular flexibility index (Phi) is 5.13. The molecule has 0 aliphatic carbocycles. The summed E-state index contributed by atoms with van der Waals surface area (Å²) in [5.41, 5.74) is 2.04. The molecular weight excluding hydrogens is 409 g/mol. The van der Waals surface area contributed by atoms with Gasteiger partial charge in [0.1, 0.15) is 5.82 Å². The van der Waals surface area contributed by atoms with Crippen molar-refractivity contribution in [1.29, 1.82) is 0 Å². The van der Waals surface area contributed by atoms with Crippen LogP contribution < -0.4 is 4.72 Å². The molecule has 0 bridgehead atoms. The van der Waals surface area contributed by atoms with E-state index in [4.69, 9.17) is 4.42 Å². The Bertz CT molecular complexity index is 1210. The highest BCUT2D eigenvalue weighted by molar-refractivity contribution is 7.92. The van der Waals surface area contributed by atoms with Gasteiger partial charge in [0.05, 0.1) is 24.3 Å². The average molecular weight is 427 g/mol. The molecule has 9 heteroatoms. The van der Waals surface area contributed by atoms with Crippen molar-refractivity contribution < 1.29 is 22.0 Å². The van der Waals surface area contributed by atoms with Crippen molar-refractivity contribution in [2.75, 3.05) is 11.0 Å². The van der Waals surface area contributed by atoms with Gasteiger partial charge in [0, 0.05) is 17.7 Å². The SMILES string of the molecule is CS(=O)(=O)Nc1ccc(C2=NN(C(=O)c3ccco3)[C@H](c3ccccc3F)C2)cc1. The third kappa shape index (κ3) is 4.11. The fourth-order valence-corrected chi connectivity index (χ4v) is 3.88. The fraction of sp³-hybridized carbons (Fsp3) is 0.143. The summed E-state index contributed by atoms with van der Waals surface area (Å²) in [5, 5.41) is 5.68. The number of amides is 1. The van der Waals surface area contributed by atoms with E-state index in [1.807, 2.05) is 0 Å². The van der Waals surface area contributed by atoms with Crippen molar-refractivity contribution in [2.45, 2.75) is 12.5 Å². The summed E-state index contributed by atoms with van der Waals surface area (Å²) in [7, 11) is -3.39. The first-order chi connectivity index (χ1) is 14.3. The summed E-state index contributed by atoms with van der Waals surface area (Å²) in [4.78, 5) is 12.9. The quantitative estimate of drug-likeness (QED) is 0.671. The summed E-state index contributed by atoms with van der Waals surface area (Å²) in [5.74, 6) is -0.795. The molecule has 2 heterocycles. The second-order valence-corrected chi connectivity index (χ2v) is 8.62. The molecule has 1 amide bonds. The highest BCUT2D eigenvalue weighted by Gasteiger charge is 2.36. The van der Waals surface area contributed by atoms with Crippen LogP contribution >= 0.6 is 0 Å². The number of hydrazone groups is 1. The summed E-state index contributed by atoms with van der Waals surface area (Å²) >= 11 is 0. The Hall–Kier alpha value is -3.46. The smallest absolute Gasteiger partial charge is 0.310 e. The second-order valence-electron chi connectivity index (χ2n) is 6.87. The molecule has 0 spiro atoms. The van der Waals surface area contributed by atoms with Crippen molar-refractivity contribution >= 4 is 27.3 Å². The Morgan fingerprint density at radius 3 is 2.50 bits per heavy atom. The van der Waals surface area contributed by atoms with Crippen LogP contribution in [0.4, 0.5) is 10.1 Å². The van der Waals surface area contributed by atoms with Gasteiger partial charge in [0.2, 0.25) is 10.0 Å². The van der Waals surface area contributed by atoms with Gasteiger partial charge >= 0.3 is 5.91 Å². The number of halogens is 1. The lowest BCUT2D eigenvalue weighted by atomic mass is 9.98. The Morgan fingerprint density at radius 1 is 1.13 bits per heavy atom. The first kappa shape index (κ1) is 19.8. The highest BCUT2D eigenvalue weighted by atomic mass is 32.2. The second kappa shape index (κ2) is 7.75. The van der Waals surface area contributed by atoms with Crippen molar-refractivity contribution in [2.24, 2.45) is 5.10 Å². The van der Waals surface area contributed by atoms with Crippen LogP contribution in [0.3, 0.4) is 0 Å². The lowest BCUT2D eigenvalue weighted by Crippen LogP contribution is -2.27. The topological polar surface area (TPSA) is 92.0 Å². The molecule has 0 saturated heterocycles. The molecule has 4 rings (SSSR count). The van der Waals surface area contributed by atoms with Crippen molar-refractivity contribution in [3.63, 3.8) is 0 Å². The van der Waals surface area contributed by atoms with Gasteiger partial charge < -0.3 is 4.42 Å². The van der Waals surface area contributed by atoms with Gasteiger partial charge in [-0.25, -0.2) is 17.8 Å². The Morgan fingerprint density at radius 2 is 1.87 bits per heavy atom. The first-order valence-electron chi connectivity index (χ1n) is 9.09. The minimum absolute atomic E-state index is 0.106. The van der Waals surface area contributed by atoms with Gasteiger partial charge in [0.25, 0.3) is 0 Å². The van der Waals surface area contributed by atoms with Gasteiger partial charge in [-0.1, -0.05) is 30.3 Å². The number of hydrogen-bond acceptors (Lipinski definition) is 5. The zero-order chi connectivity index (χ0) is 21.3. The van der Waals surface area contributed by atoms with Gasteiger partial charge in [-0.05, 0) is 35.9 Å². The maximum atomic E-state index is 14.5. The fourth-order valence-electron chi connectivity index (χ4n) is 3.32. The van der Waals surface area contributed by atoms with Crippen LogP contribution in [-0.2, 0) is 10.0 Å². The molecule has 1 atom stereocenters. The number of benzene rings is 2. The van der Waals surface area contributed by atoms with Gasteiger partial charge in [0.15, 0.2) is 5.76 Å². The normalized spacial score (nSPS) is 16.4. The highest BCUT2D eigenvalue weighted by Crippen LogP contribution is 2.35. The van der Waals surface area contributed by atoms with Crippen LogP contribution in [0, 0.1) is 5.82 Å². The Balaban J connectivity index is 1.68. The number of nitrogens with zero attached hydrogens (tertiary/aromatic N) is 2. The van der Waals surface area contributed by atoms with Crippen molar-refractivity contribution in [3.8, 4) is 0 Å². The van der Waals surface area contributed by atoms with E-state index in [1.54, 1.807) is 48.5 Å². The molecule has 0 unspecified atom stereocenters. The largest absolute Gasteiger partial charge is 0.459 e. The van der Waals surface area contributed by atoms with E-state index in [9.17, 15) is 17.6 Å². The molecule has 1 aromatic heterocycles. The number of anilines is 1. The van der Waals surface area contributed by atoms with Crippen LogP contribution in [0.2, 0.25) is 0 Å². The van der Waals surface area contributed by atoms with Gasteiger partial charge in [-0.15, -0.1) is 0 Å². The van der Waals surface area contributed by atoms with E-state index in [-0.39, 0.29) is 5.76 Å². The molecule has 1 aliphatic rings. The van der Waals surface area contributed by atoms with E-state index in [0.29, 0.717) is 28.9 Å². The molecule has 0 fully saturated rings. The predicted molar refractivity (Wildman–Crippen MR) is 110 cm³/mol. The van der Waals surface area contributed by atoms with Crippen LogP contribution in [0.25, 0.3) is 0 Å². The number of nitrogens with one attached hydrogen (secondary N) is 1. The lowest BCUT2D eigenvalue weighted by molar-refractivity contribution is 0.0676. The lowest BCUT2D eigenvalue weighted by Gasteiger charge is -2.21. The molecule has 3 aromatic rings. The molecule has 0 saturated carbocycles. The molecule has 0 radical (unpaired) electrons. The zero-order valence-electron chi connectivity index (χ0n) is 15.9. The minimum Gasteiger partial charge on any atom is -0.459 e. The van der Waals surface area contributed by atoms with E-state index < -0.39 is 27.8 Å². The third-order valence-electron chi connectivity index (χ3n) is 4.64. The maximum Gasteiger partial charge on any atom is 0.310 e. The molecule has 30 heavy (non-hydrogen) atoms. The maximum absolute atomic E-state index is 14.5. The molecule has 7 nitrogen and oxygen atoms in total. The summed E-state index contributed by atoms with van der Waals surface area (Å²) in [6, 6.07) is 15.4. The minimum atomic E-state index is -3.39. The number of carbonyl (C=O) groups excluding carboxylic acids is 1. The number of rotatable bonds is 5. The van der Waals surface area contributed by atoms with Crippen molar-refractivity contribution in [1.82, 2.24) is 5.01 Å². The molecular formula is C21H18FN3O4S. The Labute approximate surface area is 172 Å². The van der Waals surface area contributed by atoms with Crippen LogP contribution in [0.15, 0.2) is 76.4 Å². The van der Waals surface area contributed by atoms with Gasteiger partial charge in [-0.3, -0.25) is 9.52 Å². The van der Waals surface area contributed by atoms with E-state index in [0.717, 1.165) is 6.26 Å². The molecule has 154 valence electrons. The van der Waals surface area contributed by atoms with Crippen molar-refractivity contribution in [3.05, 3.63) is 89.6 Å². The first-order valence-corrected chi connectivity index (χ1v) is 11.0. The number of carbonyl (C=O) groups is 1. The number of furan rings is 1. The van der Waals surface area contributed by atoms with Crippen LogP contribution in [0.1, 0.15) is 34.1 Å². The van der Waals surface area contributed by atoms with E-state index in [2.05, 4.69) is 9.82 Å². The average Bonchev–Trinajstić information content (AvgIpc) is 3.38. The molecule has 1 aliphatic heterocycles. The molecule has 2 aromatic carbocycles. The van der Waals surface area contributed by atoms with E-state index in [1.165, 1.54) is 23.4 Å². The van der Waals surface area contributed by atoms with E-state index >= 15 is 0 Å². The predicted octanol–water partition coefficient (Wildman–Crippen LogP) is 3.78. The van der Waals surface area contributed by atoms with Crippen LogP contribution in [-0.4, -0.2) is 31.3 Å². The van der Waals surface area contributed by atoms with Gasteiger partial charge in [-0.2, -0.15) is 5.10 Å². The summed E-state index contributed by atoms with van der Waals surface area (Å²) in [6.07, 6.45) is 2.75. The number of sulfonamides is 1. The standard InChI is InChI=1S/C21H18FN3O4S/c1-30(27,28)24-15-10-8-14(9-11-15)18-13-19(16-5-2-3-6-17(16)22)25(23-18)21(26)20-7-4-12-29-20/h2-12,19,24H,13H2,1H3/t19-/m0/s1. The zero-order valence-corrected chi connectivity index (χ0v) is 16.8. The summed E-state index contributed by atoms with van der Waals surface area (Å²) < 4.78 is 44.8.